The first-order valence-electron chi connectivity index (χ1n) is 8.45. The average molecular weight is 383 g/mol. The number of carbonyl (C=O) groups excluding carboxylic acids is 1. The number of hydrogen-bond donors (Lipinski definition) is 0. The van der Waals surface area contributed by atoms with Gasteiger partial charge in [0.2, 0.25) is 0 Å². The van der Waals surface area contributed by atoms with Crippen LogP contribution in [0.5, 0.6) is 5.75 Å². The Bertz CT molecular complexity index is 802. The number of carbonyl (C=O) groups is 1. The monoisotopic (exact) mass is 383 g/mol. The van der Waals surface area contributed by atoms with Crippen LogP contribution in [0.1, 0.15) is 21.7 Å². The normalized spacial score (nSPS) is 18.3. The number of ether oxygens (including phenoxy) is 2. The van der Waals surface area contributed by atoms with Gasteiger partial charge in [-0.25, -0.2) is 0 Å². The van der Waals surface area contributed by atoms with Gasteiger partial charge in [-0.3, -0.25) is 9.48 Å². The van der Waals surface area contributed by atoms with Gasteiger partial charge < -0.3 is 14.4 Å². The summed E-state index contributed by atoms with van der Waals surface area (Å²) < 4.78 is 50.7. The summed E-state index contributed by atoms with van der Waals surface area (Å²) in [7, 11) is 1.70. The van der Waals surface area contributed by atoms with Crippen LogP contribution in [-0.2, 0) is 18.0 Å². The number of rotatable bonds is 3. The second-order valence-corrected chi connectivity index (χ2v) is 6.38. The van der Waals surface area contributed by atoms with E-state index in [1.165, 1.54) is 16.8 Å². The van der Waals surface area contributed by atoms with E-state index in [9.17, 15) is 18.0 Å². The van der Waals surface area contributed by atoms with Crippen LogP contribution in [0.25, 0.3) is 0 Å². The van der Waals surface area contributed by atoms with Gasteiger partial charge in [-0.05, 0) is 37.3 Å². The Morgan fingerprint density at radius 3 is 2.59 bits per heavy atom. The Hall–Kier alpha value is -2.55. The molecule has 2 heterocycles. The van der Waals surface area contributed by atoms with Crippen molar-refractivity contribution in [3.63, 3.8) is 0 Å². The fourth-order valence-corrected chi connectivity index (χ4v) is 2.92. The van der Waals surface area contributed by atoms with E-state index in [-0.39, 0.29) is 19.1 Å². The van der Waals surface area contributed by atoms with E-state index in [0.29, 0.717) is 24.6 Å². The van der Waals surface area contributed by atoms with Crippen LogP contribution < -0.4 is 4.74 Å². The minimum absolute atomic E-state index is 0.190. The second-order valence-electron chi connectivity index (χ2n) is 6.38. The lowest BCUT2D eigenvalue weighted by atomic mass is 10.2. The topological polar surface area (TPSA) is 56.6 Å². The van der Waals surface area contributed by atoms with E-state index in [1.54, 1.807) is 24.9 Å². The van der Waals surface area contributed by atoms with Gasteiger partial charge in [0.1, 0.15) is 17.5 Å². The van der Waals surface area contributed by atoms with Crippen molar-refractivity contribution in [2.75, 3.05) is 26.3 Å². The van der Waals surface area contributed by atoms with Gasteiger partial charge in [-0.1, -0.05) is 0 Å². The molecule has 2 aromatic rings. The van der Waals surface area contributed by atoms with E-state index in [2.05, 4.69) is 5.10 Å². The molecule has 9 heteroatoms. The Labute approximate surface area is 154 Å². The summed E-state index contributed by atoms with van der Waals surface area (Å²) in [5, 5.41) is 4.18. The first kappa shape index (κ1) is 19.2. The molecular formula is C18H20F3N3O3. The summed E-state index contributed by atoms with van der Waals surface area (Å²) in [6.07, 6.45) is -4.88. The molecule has 6 nitrogen and oxygen atoms in total. The third-order valence-electron chi connectivity index (χ3n) is 4.23. The molecule has 27 heavy (non-hydrogen) atoms. The maximum Gasteiger partial charge on any atom is 0.416 e. The molecule has 1 atom stereocenters. The molecule has 0 spiro atoms. The molecule has 1 aromatic carbocycles. The van der Waals surface area contributed by atoms with Crippen molar-refractivity contribution in [2.45, 2.75) is 19.2 Å². The Morgan fingerprint density at radius 1 is 1.30 bits per heavy atom. The number of aromatic nitrogens is 2. The standard InChI is InChI=1S/C18H20F3N3O3/c1-12-9-16(23(2)22-12)17(25)24-7-8-26-11-15(10-24)27-14-5-3-13(4-6-14)18(19,20)21/h3-6,9,15H,7-8,10-11H2,1-2H3. The molecule has 1 aliphatic rings. The van der Waals surface area contributed by atoms with Crippen LogP contribution in [0.4, 0.5) is 13.2 Å². The Kier molecular flexibility index (Phi) is 5.41. The van der Waals surface area contributed by atoms with E-state index in [4.69, 9.17) is 9.47 Å². The van der Waals surface area contributed by atoms with Crippen molar-refractivity contribution < 1.29 is 27.4 Å². The zero-order valence-electron chi connectivity index (χ0n) is 15.0. The van der Waals surface area contributed by atoms with Gasteiger partial charge >= 0.3 is 6.18 Å². The number of alkyl halides is 3. The zero-order chi connectivity index (χ0) is 19.6. The molecule has 0 saturated carbocycles. The van der Waals surface area contributed by atoms with E-state index in [1.807, 2.05) is 0 Å². The van der Waals surface area contributed by atoms with Crippen LogP contribution in [-0.4, -0.2) is 53.0 Å². The molecule has 0 N–H and O–H groups in total. The highest BCUT2D eigenvalue weighted by atomic mass is 19.4. The summed E-state index contributed by atoms with van der Waals surface area (Å²) in [6.45, 7) is 3.07. The summed E-state index contributed by atoms with van der Waals surface area (Å²) in [4.78, 5) is 14.4. The van der Waals surface area contributed by atoms with Gasteiger partial charge in [0, 0.05) is 13.6 Å². The minimum atomic E-state index is -4.39. The molecule has 146 valence electrons. The quantitative estimate of drug-likeness (QED) is 0.818. The van der Waals surface area contributed by atoms with Crippen molar-refractivity contribution in [3.05, 3.63) is 47.3 Å². The van der Waals surface area contributed by atoms with E-state index < -0.39 is 17.8 Å². The molecule has 1 aromatic heterocycles. The number of amides is 1. The zero-order valence-corrected chi connectivity index (χ0v) is 15.0. The molecule has 3 rings (SSSR count). The lowest BCUT2D eigenvalue weighted by molar-refractivity contribution is -0.137. The Balaban J connectivity index is 1.69. The summed E-state index contributed by atoms with van der Waals surface area (Å²) in [5.41, 5.74) is 0.461. The van der Waals surface area contributed by atoms with Crippen molar-refractivity contribution in [1.82, 2.24) is 14.7 Å². The second kappa shape index (κ2) is 7.59. The smallest absolute Gasteiger partial charge is 0.416 e. The number of benzene rings is 1. The van der Waals surface area contributed by atoms with Gasteiger partial charge in [-0.2, -0.15) is 18.3 Å². The minimum Gasteiger partial charge on any atom is -0.486 e. The van der Waals surface area contributed by atoms with Gasteiger partial charge in [0.05, 0.1) is 31.0 Å². The largest absolute Gasteiger partial charge is 0.486 e. The molecule has 0 bridgehead atoms. The van der Waals surface area contributed by atoms with Gasteiger partial charge in [0.25, 0.3) is 5.91 Å². The predicted molar refractivity (Wildman–Crippen MR) is 90.5 cm³/mol. The first-order chi connectivity index (χ1) is 12.7. The molecular weight excluding hydrogens is 363 g/mol. The molecule has 1 amide bonds. The van der Waals surface area contributed by atoms with Gasteiger partial charge in [-0.15, -0.1) is 0 Å². The fraction of sp³-hybridized carbons (Fsp3) is 0.444. The maximum absolute atomic E-state index is 12.8. The van der Waals surface area contributed by atoms with Crippen LogP contribution in [0, 0.1) is 6.92 Å². The number of hydrogen-bond acceptors (Lipinski definition) is 4. The maximum atomic E-state index is 12.8. The summed E-state index contributed by atoms with van der Waals surface area (Å²) in [5.74, 6) is 0.104. The van der Waals surface area contributed by atoms with Crippen LogP contribution >= 0.6 is 0 Å². The number of aryl methyl sites for hydroxylation is 2. The lowest BCUT2D eigenvalue weighted by Crippen LogP contribution is -2.40. The van der Waals surface area contributed by atoms with Crippen LogP contribution in [0.15, 0.2) is 30.3 Å². The van der Waals surface area contributed by atoms with Crippen molar-refractivity contribution in [1.29, 1.82) is 0 Å². The fourth-order valence-electron chi connectivity index (χ4n) is 2.92. The highest BCUT2D eigenvalue weighted by Crippen LogP contribution is 2.30. The van der Waals surface area contributed by atoms with E-state index in [0.717, 1.165) is 17.8 Å². The number of halogens is 3. The highest BCUT2D eigenvalue weighted by Gasteiger charge is 2.30. The third kappa shape index (κ3) is 4.60. The molecule has 1 unspecified atom stereocenters. The highest BCUT2D eigenvalue weighted by molar-refractivity contribution is 5.92. The van der Waals surface area contributed by atoms with Crippen LogP contribution in [0.2, 0.25) is 0 Å². The number of nitrogens with zero attached hydrogens (tertiary/aromatic N) is 3. The van der Waals surface area contributed by atoms with Crippen molar-refractivity contribution >= 4 is 5.91 Å². The predicted octanol–water partition coefficient (Wildman–Crippen LogP) is 2.67. The van der Waals surface area contributed by atoms with Crippen LogP contribution in [0.3, 0.4) is 0 Å². The third-order valence-corrected chi connectivity index (χ3v) is 4.23. The molecule has 1 aliphatic heterocycles. The van der Waals surface area contributed by atoms with E-state index >= 15 is 0 Å². The first-order valence-corrected chi connectivity index (χ1v) is 8.45. The van der Waals surface area contributed by atoms with Crippen molar-refractivity contribution in [2.24, 2.45) is 7.05 Å². The summed E-state index contributed by atoms with van der Waals surface area (Å²) >= 11 is 0. The van der Waals surface area contributed by atoms with Gasteiger partial charge in [0.15, 0.2) is 0 Å². The molecule has 0 radical (unpaired) electrons. The average Bonchev–Trinajstić information content (AvgIpc) is 2.80. The molecule has 1 fully saturated rings. The van der Waals surface area contributed by atoms with Crippen molar-refractivity contribution in [3.8, 4) is 5.75 Å². The summed E-state index contributed by atoms with van der Waals surface area (Å²) in [6, 6.07) is 6.18. The SMILES string of the molecule is Cc1cc(C(=O)N2CCOCC(Oc3ccc(C(F)(F)F)cc3)C2)n(C)n1. The molecule has 1 saturated heterocycles. The molecule has 0 aliphatic carbocycles. The lowest BCUT2D eigenvalue weighted by Gasteiger charge is -2.24. The Morgan fingerprint density at radius 2 is 2.00 bits per heavy atom.